The number of carbonyl (C=O) groups is 6. The number of rotatable bonds is 5. The number of aromatic hydroxyl groups is 1. The quantitative estimate of drug-likeness (QED) is 0.217. The number of aliphatic hydroxyl groups is 1. The Morgan fingerprint density at radius 2 is 1.70 bits per heavy atom. The zero-order valence-electron chi connectivity index (χ0n) is 24.0. The molecule has 0 aromatic heterocycles. The second kappa shape index (κ2) is 10.9. The SMILES string of the molecule is CN(C)c1cc(NC(=O)Sc2ccccc2)c(O)c2c1C[C@H]1C[C@H]3[C@H](N(C)C)C(=O)C(C(N)=O)C(=O)[C@@]3(O)C(=O)C1C2=O. The monoisotopic (exact) mass is 608 g/mol. The summed E-state index contributed by atoms with van der Waals surface area (Å²) in [5, 5.41) is 25.1. The molecule has 13 heteroatoms. The highest BCUT2D eigenvalue weighted by Crippen LogP contribution is 2.52. The average Bonchev–Trinajstić information content (AvgIpc) is 2.92. The normalized spacial score (nSPS) is 28.2. The number of benzene rings is 2. The van der Waals surface area contributed by atoms with Gasteiger partial charge in [0.25, 0.3) is 5.24 Å². The minimum Gasteiger partial charge on any atom is -0.505 e. The number of likely N-dealkylation sites (N-methyl/N-ethyl adjacent to an activating group) is 1. The van der Waals surface area contributed by atoms with Crippen LogP contribution in [0.2, 0.25) is 0 Å². The van der Waals surface area contributed by atoms with Crippen molar-refractivity contribution < 1.29 is 39.0 Å². The molecule has 12 nitrogen and oxygen atoms in total. The lowest BCUT2D eigenvalue weighted by Gasteiger charge is -2.52. The van der Waals surface area contributed by atoms with E-state index in [0.29, 0.717) is 16.1 Å². The van der Waals surface area contributed by atoms with Crippen LogP contribution in [0.3, 0.4) is 0 Å². The van der Waals surface area contributed by atoms with Crippen LogP contribution >= 0.6 is 11.8 Å². The lowest BCUT2D eigenvalue weighted by molar-refractivity contribution is -0.181. The number of hydrogen-bond acceptors (Lipinski definition) is 11. The van der Waals surface area contributed by atoms with Crippen molar-refractivity contribution >= 4 is 57.4 Å². The molecule has 3 aliphatic rings. The molecule has 2 fully saturated rings. The molecule has 0 bridgehead atoms. The summed E-state index contributed by atoms with van der Waals surface area (Å²) in [6, 6.07) is 9.18. The van der Waals surface area contributed by atoms with E-state index in [-0.39, 0.29) is 24.1 Å². The molecule has 2 unspecified atom stereocenters. The number of nitrogens with one attached hydrogen (secondary N) is 1. The fraction of sp³-hybridized carbons (Fsp3) is 0.400. The summed E-state index contributed by atoms with van der Waals surface area (Å²) in [7, 11) is 6.51. The van der Waals surface area contributed by atoms with Gasteiger partial charge in [-0.1, -0.05) is 18.2 Å². The van der Waals surface area contributed by atoms with E-state index in [1.54, 1.807) is 55.4 Å². The van der Waals surface area contributed by atoms with Gasteiger partial charge >= 0.3 is 0 Å². The molecule has 2 aromatic carbocycles. The first kappa shape index (κ1) is 30.4. The number of Topliss-reactive ketones (excluding diaryl/α,β-unsaturated/α-hetero) is 4. The molecule has 226 valence electrons. The van der Waals surface area contributed by atoms with Crippen LogP contribution in [0, 0.1) is 23.7 Å². The van der Waals surface area contributed by atoms with Gasteiger partial charge in [-0.25, -0.2) is 0 Å². The van der Waals surface area contributed by atoms with Crippen molar-refractivity contribution in [3.63, 3.8) is 0 Å². The molecular weight excluding hydrogens is 576 g/mol. The van der Waals surface area contributed by atoms with Gasteiger partial charge in [0.1, 0.15) is 5.75 Å². The van der Waals surface area contributed by atoms with Crippen molar-refractivity contribution in [1.82, 2.24) is 4.90 Å². The van der Waals surface area contributed by atoms with E-state index in [4.69, 9.17) is 5.73 Å². The van der Waals surface area contributed by atoms with Crippen molar-refractivity contribution in [3.05, 3.63) is 47.5 Å². The van der Waals surface area contributed by atoms with Gasteiger partial charge in [-0.15, -0.1) is 0 Å². The van der Waals surface area contributed by atoms with Gasteiger partial charge in [0.15, 0.2) is 34.7 Å². The average molecular weight is 609 g/mol. The van der Waals surface area contributed by atoms with E-state index in [0.717, 1.165) is 11.8 Å². The first-order valence-electron chi connectivity index (χ1n) is 13.6. The number of nitrogens with two attached hydrogens (primary N) is 1. The van der Waals surface area contributed by atoms with Gasteiger partial charge in [0, 0.05) is 30.6 Å². The van der Waals surface area contributed by atoms with Crippen LogP contribution in [0.1, 0.15) is 22.3 Å². The van der Waals surface area contributed by atoms with Gasteiger partial charge in [0.2, 0.25) is 5.91 Å². The number of phenols is 1. The second-order valence-corrected chi connectivity index (χ2v) is 12.7. The predicted molar refractivity (Wildman–Crippen MR) is 157 cm³/mol. The molecule has 0 radical (unpaired) electrons. The summed E-state index contributed by atoms with van der Waals surface area (Å²) in [6.07, 6.45) is 0.0592. The Bertz CT molecular complexity index is 1580. The summed E-state index contributed by atoms with van der Waals surface area (Å²) in [4.78, 5) is 83.6. The maximum Gasteiger partial charge on any atom is 0.288 e. The molecule has 0 saturated heterocycles. The topological polar surface area (TPSA) is 187 Å². The molecule has 0 spiro atoms. The van der Waals surface area contributed by atoms with Gasteiger partial charge in [-0.3, -0.25) is 33.7 Å². The van der Waals surface area contributed by atoms with Crippen molar-refractivity contribution in [2.75, 3.05) is 38.4 Å². The van der Waals surface area contributed by atoms with E-state index in [1.165, 1.54) is 19.0 Å². The summed E-state index contributed by atoms with van der Waals surface area (Å²) in [6.45, 7) is 0. The number of ketones is 4. The minimum absolute atomic E-state index is 0.0519. The molecule has 2 saturated carbocycles. The Hall–Kier alpha value is -4.07. The Labute approximate surface area is 251 Å². The highest BCUT2D eigenvalue weighted by molar-refractivity contribution is 8.13. The van der Waals surface area contributed by atoms with E-state index < -0.39 is 75.3 Å². The van der Waals surface area contributed by atoms with Gasteiger partial charge in [-0.05, 0) is 68.4 Å². The Kier molecular flexibility index (Phi) is 7.69. The summed E-state index contributed by atoms with van der Waals surface area (Å²) in [5.41, 5.74) is 3.26. The number of hydrogen-bond donors (Lipinski definition) is 4. The van der Waals surface area contributed by atoms with Gasteiger partial charge < -0.3 is 26.2 Å². The van der Waals surface area contributed by atoms with Gasteiger partial charge in [-0.2, -0.15) is 0 Å². The smallest absolute Gasteiger partial charge is 0.288 e. The zero-order chi connectivity index (χ0) is 31.5. The Balaban J connectivity index is 1.58. The standard InChI is InChI=1S/C30H32N4O8S/c1-33(2)18-12-17(32-29(41)43-14-8-6-5-7-9-14)23(35)20-15(18)10-13-11-16-22(34(3)4)25(37)21(28(31)40)27(39)30(16,42)26(38)19(13)24(20)36/h5-9,12-13,16,19,21-22,35,42H,10-11H2,1-4H3,(H2,31,40)(H,32,41)/t13-,16-,19?,21?,22-,30-/m0/s1. The van der Waals surface area contributed by atoms with E-state index in [1.807, 2.05) is 0 Å². The number of fused-ring (bicyclic) bond motifs is 3. The Morgan fingerprint density at radius 3 is 2.28 bits per heavy atom. The molecular formula is C30H32N4O8S. The highest BCUT2D eigenvalue weighted by atomic mass is 32.2. The summed E-state index contributed by atoms with van der Waals surface area (Å²) < 4.78 is 0. The first-order chi connectivity index (χ1) is 20.2. The molecule has 43 heavy (non-hydrogen) atoms. The lowest BCUT2D eigenvalue weighted by Crippen LogP contribution is -2.74. The van der Waals surface area contributed by atoms with Crippen LogP contribution in [-0.2, 0) is 25.6 Å². The van der Waals surface area contributed by atoms with Crippen LogP contribution in [0.25, 0.3) is 0 Å². The number of anilines is 2. The number of carbonyl (C=O) groups excluding carboxylic acids is 6. The van der Waals surface area contributed by atoms with Crippen LogP contribution in [0.5, 0.6) is 5.75 Å². The molecule has 0 aliphatic heterocycles. The third-order valence-electron chi connectivity index (χ3n) is 8.71. The summed E-state index contributed by atoms with van der Waals surface area (Å²) >= 11 is 0.882. The highest BCUT2D eigenvalue weighted by Gasteiger charge is 2.69. The second-order valence-electron chi connectivity index (χ2n) is 11.7. The molecule has 5 N–H and O–H groups in total. The molecule has 6 atom stereocenters. The lowest BCUT2D eigenvalue weighted by atomic mass is 9.52. The zero-order valence-corrected chi connectivity index (χ0v) is 24.8. The first-order valence-corrected chi connectivity index (χ1v) is 14.5. The largest absolute Gasteiger partial charge is 0.505 e. The maximum atomic E-state index is 14.1. The van der Waals surface area contributed by atoms with Crippen LogP contribution in [0.15, 0.2) is 41.3 Å². The third kappa shape index (κ3) is 4.71. The maximum absolute atomic E-state index is 14.1. The number of thioether (sulfide) groups is 1. The minimum atomic E-state index is -2.81. The van der Waals surface area contributed by atoms with Crippen molar-refractivity contribution in [2.45, 2.75) is 29.4 Å². The Morgan fingerprint density at radius 1 is 1.05 bits per heavy atom. The van der Waals surface area contributed by atoms with Gasteiger partial charge in [0.05, 0.1) is 23.2 Å². The van der Waals surface area contributed by atoms with E-state index >= 15 is 0 Å². The van der Waals surface area contributed by atoms with Crippen molar-refractivity contribution in [1.29, 1.82) is 0 Å². The van der Waals surface area contributed by atoms with Crippen molar-refractivity contribution in [3.8, 4) is 5.75 Å². The van der Waals surface area contributed by atoms with Crippen LogP contribution < -0.4 is 16.0 Å². The molecule has 5 rings (SSSR count). The molecule has 2 aromatic rings. The number of primary amides is 1. The van der Waals surface area contributed by atoms with Crippen LogP contribution in [0.4, 0.5) is 16.2 Å². The van der Waals surface area contributed by atoms with Crippen molar-refractivity contribution in [2.24, 2.45) is 29.4 Å². The molecule has 3 aliphatic carbocycles. The molecule has 0 heterocycles. The fourth-order valence-corrected chi connectivity index (χ4v) is 7.55. The van der Waals surface area contributed by atoms with Crippen LogP contribution in [-0.4, -0.2) is 89.2 Å². The third-order valence-corrected chi connectivity index (χ3v) is 9.51. The fourth-order valence-electron chi connectivity index (χ4n) is 6.88. The predicted octanol–water partition coefficient (Wildman–Crippen LogP) is 1.26. The number of phenolic OH excluding ortho intramolecular Hbond substituents is 1. The summed E-state index contributed by atoms with van der Waals surface area (Å²) in [5.74, 6) is -11.4. The van der Waals surface area contributed by atoms with E-state index in [9.17, 15) is 39.0 Å². The molecule has 2 amide bonds. The van der Waals surface area contributed by atoms with E-state index in [2.05, 4.69) is 5.32 Å². The number of amides is 2. The number of nitrogens with zero attached hydrogens (tertiary/aromatic N) is 2.